The van der Waals surface area contributed by atoms with Gasteiger partial charge in [-0.05, 0) is 84.0 Å². The number of aliphatic hydroxyl groups is 1. The van der Waals surface area contributed by atoms with E-state index >= 15 is 0 Å². The summed E-state index contributed by atoms with van der Waals surface area (Å²) < 4.78 is 0. The molecule has 0 aromatic heterocycles. The Kier molecular flexibility index (Phi) is 14.9. The van der Waals surface area contributed by atoms with Crippen LogP contribution < -0.4 is 26.6 Å². The number of carbonyl (C=O) groups is 7. The van der Waals surface area contributed by atoms with Gasteiger partial charge in [-0.1, -0.05) is 26.0 Å². The van der Waals surface area contributed by atoms with Crippen LogP contribution in [0.1, 0.15) is 86.1 Å². The van der Waals surface area contributed by atoms with Gasteiger partial charge in [0.2, 0.25) is 29.5 Å². The lowest BCUT2D eigenvalue weighted by Crippen LogP contribution is -2.65. The molecule has 8 N–H and O–H groups in total. The number of hydrogen-bond acceptors (Lipinski definition) is 10. The second-order valence-electron chi connectivity index (χ2n) is 15.7. The Morgan fingerprint density at radius 2 is 1.53 bits per heavy atom. The predicted octanol–water partition coefficient (Wildman–Crippen LogP) is 0.132. The minimum Gasteiger partial charge on any atom is -0.508 e. The third-order valence-corrected chi connectivity index (χ3v) is 9.29. The van der Waals surface area contributed by atoms with Crippen molar-refractivity contribution < 1.29 is 48.9 Å². The number of hydrogen-bond donors (Lipinski definition) is 8. The Morgan fingerprint density at radius 1 is 0.906 bits per heavy atom. The Balaban J connectivity index is 2.16. The lowest BCUT2D eigenvalue weighted by Gasteiger charge is -2.38. The van der Waals surface area contributed by atoms with Gasteiger partial charge in [-0.3, -0.25) is 38.5 Å². The first-order valence-corrected chi connectivity index (χ1v) is 18.2. The minimum atomic E-state index is -1.59. The molecule has 2 aliphatic rings. The Labute approximate surface area is 310 Å². The number of amides is 5. The van der Waals surface area contributed by atoms with E-state index < -0.39 is 108 Å². The smallest absolute Gasteiger partial charge is 0.304 e. The van der Waals surface area contributed by atoms with Gasteiger partial charge in [-0.2, -0.15) is 0 Å². The molecular weight excluding hydrogens is 688 g/mol. The molecule has 0 spiro atoms. The van der Waals surface area contributed by atoms with Crippen molar-refractivity contribution in [3.8, 4) is 5.75 Å². The van der Waals surface area contributed by atoms with E-state index in [-0.39, 0.29) is 31.1 Å². The molecule has 8 atom stereocenters. The molecule has 16 heteroatoms. The van der Waals surface area contributed by atoms with Gasteiger partial charge in [0.1, 0.15) is 23.9 Å². The molecule has 0 bridgehead atoms. The van der Waals surface area contributed by atoms with Gasteiger partial charge in [0.25, 0.3) is 0 Å². The quantitative estimate of drug-likeness (QED) is 0.178. The number of aliphatic carboxylic acids is 1. The number of fused-ring (bicyclic) bond motifs is 1. The van der Waals surface area contributed by atoms with Gasteiger partial charge >= 0.3 is 5.97 Å². The highest BCUT2D eigenvalue weighted by Gasteiger charge is 2.44. The van der Waals surface area contributed by atoms with Gasteiger partial charge < -0.3 is 41.9 Å². The molecule has 2 fully saturated rings. The summed E-state index contributed by atoms with van der Waals surface area (Å²) in [5.41, 5.74) is -0.110. The molecule has 5 amide bonds. The first-order valence-electron chi connectivity index (χ1n) is 18.2. The molecule has 1 aromatic carbocycles. The van der Waals surface area contributed by atoms with Crippen molar-refractivity contribution in [2.24, 2.45) is 11.8 Å². The zero-order valence-electron chi connectivity index (χ0n) is 31.6. The van der Waals surface area contributed by atoms with Gasteiger partial charge in [0.05, 0.1) is 36.6 Å². The number of carboxylic acids is 1. The van der Waals surface area contributed by atoms with Gasteiger partial charge in [-0.15, -0.1) is 0 Å². The fourth-order valence-corrected chi connectivity index (χ4v) is 6.79. The summed E-state index contributed by atoms with van der Waals surface area (Å²) in [6.45, 7) is 12.1. The van der Waals surface area contributed by atoms with Crippen molar-refractivity contribution in [2.75, 3.05) is 6.54 Å². The number of phenolic OH excluding ortho intramolecular Hbond substituents is 1. The summed E-state index contributed by atoms with van der Waals surface area (Å²) in [6.07, 6.45) is -1.93. The van der Waals surface area contributed by atoms with E-state index in [2.05, 4.69) is 26.6 Å². The number of carboxylic acid groups (broad SMARTS) is 1. The van der Waals surface area contributed by atoms with Gasteiger partial charge in [0, 0.05) is 18.4 Å². The third-order valence-electron chi connectivity index (χ3n) is 9.29. The van der Waals surface area contributed by atoms with E-state index in [0.29, 0.717) is 18.4 Å². The second kappa shape index (κ2) is 18.5. The van der Waals surface area contributed by atoms with Crippen LogP contribution in [0.5, 0.6) is 5.75 Å². The van der Waals surface area contributed by atoms with E-state index in [9.17, 15) is 48.9 Å². The van der Waals surface area contributed by atoms with E-state index in [4.69, 9.17) is 0 Å². The minimum absolute atomic E-state index is 0.00311. The lowest BCUT2D eigenvalue weighted by atomic mass is 9.90. The monoisotopic (exact) mass is 744 g/mol. The van der Waals surface area contributed by atoms with Crippen molar-refractivity contribution in [3.63, 3.8) is 0 Å². The summed E-state index contributed by atoms with van der Waals surface area (Å²) in [4.78, 5) is 96.7. The number of aromatic hydroxyl groups is 1. The van der Waals surface area contributed by atoms with Crippen LogP contribution in [0.4, 0.5) is 0 Å². The summed E-state index contributed by atoms with van der Waals surface area (Å²) in [5, 5.41) is 43.7. The number of nitrogens with zero attached hydrogens (tertiary/aromatic N) is 1. The van der Waals surface area contributed by atoms with Crippen LogP contribution in [0, 0.1) is 11.8 Å². The number of nitrogens with one attached hydrogen (secondary N) is 5. The van der Waals surface area contributed by atoms with Crippen LogP contribution in [-0.4, -0.2) is 116 Å². The molecule has 294 valence electrons. The third kappa shape index (κ3) is 12.5. The molecule has 0 saturated carbocycles. The maximum Gasteiger partial charge on any atom is 0.304 e. The summed E-state index contributed by atoms with van der Waals surface area (Å²) in [5.74, 6) is -7.22. The predicted molar refractivity (Wildman–Crippen MR) is 193 cm³/mol. The topological polar surface area (TPSA) is 244 Å². The normalized spacial score (nSPS) is 27.7. The largest absolute Gasteiger partial charge is 0.508 e. The second-order valence-corrected chi connectivity index (χ2v) is 15.7. The number of carbonyl (C=O) groups excluding carboxylic acids is 6. The number of benzene rings is 1. The maximum absolute atomic E-state index is 14.2. The molecule has 2 aliphatic heterocycles. The standard InChI is InChI=1S/C37H56N6O10/c1-19(2)15-25-28(46)17-23(18-29(47)48)32(49)41-30(21(4)44)35(52)38-20(3)31(36(53)42-37(5,6)7)43-14-8-9-27(43)34(51)40-26(33(50)39-25)16-22-10-12-24(45)13-11-22/h10-13,19-21,23,25-27,30-31,44-45H,8-9,14-18H2,1-7H3,(H,38,52)(H,39,50)(H,40,51)(H,41,49)(H,42,53)(H,47,48)/t20-,21-,23+,25+,26-,27+,30+,31+/m1/s1. The molecule has 0 aliphatic carbocycles. The molecule has 2 saturated heterocycles. The summed E-state index contributed by atoms with van der Waals surface area (Å²) in [7, 11) is 0. The van der Waals surface area contributed by atoms with Gasteiger partial charge in [-0.25, -0.2) is 0 Å². The van der Waals surface area contributed by atoms with Gasteiger partial charge in [0.15, 0.2) is 5.78 Å². The van der Waals surface area contributed by atoms with E-state index in [1.807, 2.05) is 13.8 Å². The molecular formula is C37H56N6O10. The number of rotatable bonds is 8. The van der Waals surface area contributed by atoms with Crippen molar-refractivity contribution >= 4 is 41.3 Å². The van der Waals surface area contributed by atoms with Crippen molar-refractivity contribution in [2.45, 2.75) is 135 Å². The zero-order chi connectivity index (χ0) is 39.8. The lowest BCUT2D eigenvalue weighted by molar-refractivity contribution is -0.143. The summed E-state index contributed by atoms with van der Waals surface area (Å²) in [6, 6.07) is -0.945. The number of ketones is 1. The first-order chi connectivity index (χ1) is 24.7. The number of phenols is 1. The highest BCUT2D eigenvalue weighted by Crippen LogP contribution is 2.24. The Bertz CT molecular complexity index is 1510. The fraction of sp³-hybridized carbons (Fsp3) is 0.649. The van der Waals surface area contributed by atoms with E-state index in [1.165, 1.54) is 19.1 Å². The zero-order valence-corrected chi connectivity index (χ0v) is 31.6. The fourth-order valence-electron chi connectivity index (χ4n) is 6.79. The van der Waals surface area contributed by atoms with Crippen molar-refractivity contribution in [1.82, 2.24) is 31.5 Å². The first kappa shape index (κ1) is 42.8. The van der Waals surface area contributed by atoms with Crippen molar-refractivity contribution in [1.29, 1.82) is 0 Å². The average Bonchev–Trinajstić information content (AvgIpc) is 3.50. The molecule has 2 heterocycles. The maximum atomic E-state index is 14.2. The summed E-state index contributed by atoms with van der Waals surface area (Å²) >= 11 is 0. The molecule has 3 rings (SSSR count). The molecule has 0 radical (unpaired) electrons. The van der Waals surface area contributed by atoms with Crippen LogP contribution in [0.15, 0.2) is 24.3 Å². The number of aliphatic hydroxyl groups excluding tert-OH is 1. The van der Waals surface area contributed by atoms with E-state index in [1.54, 1.807) is 44.7 Å². The molecule has 53 heavy (non-hydrogen) atoms. The van der Waals surface area contributed by atoms with Crippen LogP contribution in [-0.2, 0) is 40.0 Å². The molecule has 1 aromatic rings. The highest BCUT2D eigenvalue weighted by molar-refractivity contribution is 5.97. The van der Waals surface area contributed by atoms with Crippen LogP contribution in [0.25, 0.3) is 0 Å². The number of Topliss-reactive ketones (excluding diaryl/α,β-unsaturated/α-hetero) is 1. The van der Waals surface area contributed by atoms with E-state index in [0.717, 1.165) is 0 Å². The Morgan fingerprint density at radius 3 is 2.09 bits per heavy atom. The van der Waals surface area contributed by atoms with Crippen LogP contribution in [0.2, 0.25) is 0 Å². The highest BCUT2D eigenvalue weighted by atomic mass is 16.4. The SMILES string of the molecule is CC(C)C[C@@H]1NC(=O)[C@@H](Cc2ccc(O)cc2)NC(=O)[C@@H]2CCCN2[C@H](C(=O)NC(C)(C)C)[C@@H](C)NC(=O)[C@H]([C@@H](C)O)NC(=O)[C@H](CC(=O)O)CC1=O. The Hall–Kier alpha value is -4.57. The molecule has 0 unspecified atom stereocenters. The average molecular weight is 745 g/mol. The van der Waals surface area contributed by atoms with Crippen LogP contribution >= 0.6 is 0 Å². The van der Waals surface area contributed by atoms with Crippen LogP contribution in [0.3, 0.4) is 0 Å². The van der Waals surface area contributed by atoms with Crippen molar-refractivity contribution in [3.05, 3.63) is 29.8 Å². The molecule has 16 nitrogen and oxygen atoms in total.